The van der Waals surface area contributed by atoms with Crippen LogP contribution < -0.4 is 4.74 Å². The summed E-state index contributed by atoms with van der Waals surface area (Å²) in [5.41, 5.74) is 0.615. The molecule has 1 aliphatic heterocycles. The third-order valence-electron chi connectivity index (χ3n) is 4.89. The summed E-state index contributed by atoms with van der Waals surface area (Å²) < 4.78 is 32.3. The Balaban J connectivity index is 1.58. The van der Waals surface area contributed by atoms with E-state index in [0.29, 0.717) is 29.2 Å². The molecule has 1 saturated heterocycles. The van der Waals surface area contributed by atoms with Crippen LogP contribution in [0.15, 0.2) is 59.0 Å². The van der Waals surface area contributed by atoms with Crippen molar-refractivity contribution in [2.45, 2.75) is 17.7 Å². The number of hydrogen-bond acceptors (Lipinski definition) is 6. The molecule has 0 aliphatic carbocycles. The summed E-state index contributed by atoms with van der Waals surface area (Å²) >= 11 is 5.82. The van der Waals surface area contributed by atoms with Crippen LogP contribution in [-0.4, -0.2) is 31.8 Å². The summed E-state index contributed by atoms with van der Waals surface area (Å²) in [5, 5.41) is 18.0. The van der Waals surface area contributed by atoms with Gasteiger partial charge in [-0.05, 0) is 60.9 Å². The Morgan fingerprint density at radius 3 is 2.16 bits per heavy atom. The molecular weight excluding hydrogens is 438 g/mol. The minimum absolute atomic E-state index is 0.0231. The van der Waals surface area contributed by atoms with Crippen LogP contribution in [0.4, 0.5) is 0 Å². The van der Waals surface area contributed by atoms with Crippen molar-refractivity contribution >= 4 is 33.7 Å². The van der Waals surface area contributed by atoms with Crippen molar-refractivity contribution in [2.75, 3.05) is 13.1 Å². The molecule has 0 aromatic heterocycles. The molecule has 0 bridgehead atoms. The molecule has 3 rings (SSSR count). The molecule has 2 aromatic rings. The molecule has 0 saturated carbocycles. The quantitative estimate of drug-likeness (QED) is 0.385. The van der Waals surface area contributed by atoms with Crippen LogP contribution in [0.5, 0.6) is 5.75 Å². The summed E-state index contributed by atoms with van der Waals surface area (Å²) in [6.45, 7) is 0.444. The molecular formula is C22H18ClN3O4S. The normalized spacial score (nSPS) is 14.8. The number of sulfonamides is 1. The number of nitrogens with zero attached hydrogens (tertiary/aromatic N) is 3. The van der Waals surface area contributed by atoms with Crippen LogP contribution in [0.25, 0.3) is 6.08 Å². The first-order chi connectivity index (χ1) is 14.8. The minimum Gasteiger partial charge on any atom is -0.426 e. The third kappa shape index (κ3) is 5.50. The SMILES string of the molecule is N#CC(C#N)=Cc1ccc(OC(=O)C2CCN(S(=O)(=O)c3ccc(Cl)cc3)CC2)cc1. The number of rotatable bonds is 5. The first-order valence-electron chi connectivity index (χ1n) is 9.43. The highest BCUT2D eigenvalue weighted by atomic mass is 35.5. The predicted octanol–water partition coefficient (Wildman–Crippen LogP) is 3.78. The van der Waals surface area contributed by atoms with E-state index in [-0.39, 0.29) is 23.6 Å². The van der Waals surface area contributed by atoms with Gasteiger partial charge < -0.3 is 4.74 Å². The summed E-state index contributed by atoms with van der Waals surface area (Å²) in [6, 6.07) is 16.0. The van der Waals surface area contributed by atoms with Crippen molar-refractivity contribution in [2.24, 2.45) is 5.92 Å². The van der Waals surface area contributed by atoms with Gasteiger partial charge in [0.25, 0.3) is 0 Å². The van der Waals surface area contributed by atoms with Gasteiger partial charge in [-0.25, -0.2) is 8.42 Å². The largest absolute Gasteiger partial charge is 0.426 e. The Morgan fingerprint density at radius 2 is 1.61 bits per heavy atom. The molecule has 0 radical (unpaired) electrons. The fourth-order valence-electron chi connectivity index (χ4n) is 3.18. The molecule has 0 N–H and O–H groups in total. The minimum atomic E-state index is -3.63. The van der Waals surface area contributed by atoms with Gasteiger partial charge >= 0.3 is 5.97 Å². The molecule has 2 aromatic carbocycles. The number of ether oxygens (including phenoxy) is 1. The van der Waals surface area contributed by atoms with Gasteiger partial charge in [0.05, 0.1) is 10.8 Å². The van der Waals surface area contributed by atoms with E-state index in [0.717, 1.165) is 0 Å². The fraction of sp³-hybridized carbons (Fsp3) is 0.227. The average Bonchev–Trinajstić information content (AvgIpc) is 2.79. The van der Waals surface area contributed by atoms with E-state index < -0.39 is 21.9 Å². The fourth-order valence-corrected chi connectivity index (χ4v) is 4.77. The third-order valence-corrected chi connectivity index (χ3v) is 7.05. The van der Waals surface area contributed by atoms with Crippen molar-refractivity contribution < 1.29 is 17.9 Å². The van der Waals surface area contributed by atoms with Gasteiger partial charge in [-0.3, -0.25) is 4.79 Å². The van der Waals surface area contributed by atoms with Gasteiger partial charge in [-0.1, -0.05) is 23.7 Å². The Bertz CT molecular complexity index is 1150. The molecule has 1 aliphatic rings. The van der Waals surface area contributed by atoms with Crippen molar-refractivity contribution in [1.82, 2.24) is 4.31 Å². The zero-order valence-electron chi connectivity index (χ0n) is 16.4. The monoisotopic (exact) mass is 455 g/mol. The number of nitriles is 2. The second-order valence-electron chi connectivity index (χ2n) is 6.90. The number of allylic oxidation sites excluding steroid dienone is 1. The van der Waals surface area contributed by atoms with E-state index >= 15 is 0 Å². The molecule has 7 nitrogen and oxygen atoms in total. The number of carbonyl (C=O) groups excluding carboxylic acids is 1. The van der Waals surface area contributed by atoms with Gasteiger partial charge in [-0.2, -0.15) is 14.8 Å². The van der Waals surface area contributed by atoms with Gasteiger partial charge in [0.2, 0.25) is 10.0 Å². The smallest absolute Gasteiger partial charge is 0.314 e. The van der Waals surface area contributed by atoms with E-state index in [1.807, 2.05) is 0 Å². The highest BCUT2D eigenvalue weighted by Crippen LogP contribution is 2.26. The maximum absolute atomic E-state index is 12.7. The Kier molecular flexibility index (Phi) is 7.09. The second-order valence-corrected chi connectivity index (χ2v) is 9.28. The lowest BCUT2D eigenvalue weighted by atomic mass is 9.98. The first kappa shape index (κ1) is 22.5. The molecule has 0 unspecified atom stereocenters. The molecule has 0 spiro atoms. The van der Waals surface area contributed by atoms with E-state index in [4.69, 9.17) is 26.9 Å². The number of hydrogen-bond donors (Lipinski definition) is 0. The number of piperidine rings is 1. The van der Waals surface area contributed by atoms with Gasteiger partial charge in [0.1, 0.15) is 23.5 Å². The molecule has 9 heteroatoms. The lowest BCUT2D eigenvalue weighted by Gasteiger charge is -2.30. The summed E-state index contributed by atoms with van der Waals surface area (Å²) in [4.78, 5) is 12.7. The second kappa shape index (κ2) is 9.76. The Labute approximate surface area is 185 Å². The van der Waals surface area contributed by atoms with Crippen LogP contribution in [-0.2, 0) is 14.8 Å². The van der Waals surface area contributed by atoms with E-state index in [1.54, 1.807) is 36.4 Å². The molecule has 0 amide bonds. The molecule has 1 heterocycles. The summed E-state index contributed by atoms with van der Waals surface area (Å²) in [7, 11) is -3.63. The van der Waals surface area contributed by atoms with Crippen LogP contribution in [0, 0.1) is 28.6 Å². The predicted molar refractivity (Wildman–Crippen MR) is 114 cm³/mol. The number of esters is 1. The van der Waals surface area contributed by atoms with E-state index in [9.17, 15) is 13.2 Å². The number of benzene rings is 2. The lowest BCUT2D eigenvalue weighted by molar-refractivity contribution is -0.140. The summed E-state index contributed by atoms with van der Waals surface area (Å²) in [5.74, 6) is -0.476. The zero-order valence-corrected chi connectivity index (χ0v) is 17.9. The van der Waals surface area contributed by atoms with Gasteiger partial charge in [-0.15, -0.1) is 0 Å². The molecule has 158 valence electrons. The maximum atomic E-state index is 12.7. The van der Waals surface area contributed by atoms with Gasteiger partial charge in [0, 0.05) is 18.1 Å². The lowest BCUT2D eigenvalue weighted by Crippen LogP contribution is -2.41. The van der Waals surface area contributed by atoms with Crippen LogP contribution in [0.1, 0.15) is 18.4 Å². The number of halogens is 1. The highest BCUT2D eigenvalue weighted by molar-refractivity contribution is 7.89. The van der Waals surface area contributed by atoms with Crippen molar-refractivity contribution in [3.8, 4) is 17.9 Å². The van der Waals surface area contributed by atoms with E-state index in [2.05, 4.69) is 0 Å². The van der Waals surface area contributed by atoms with Crippen molar-refractivity contribution in [3.63, 3.8) is 0 Å². The maximum Gasteiger partial charge on any atom is 0.314 e. The molecule has 1 fully saturated rings. The molecule has 31 heavy (non-hydrogen) atoms. The van der Waals surface area contributed by atoms with Crippen LogP contribution >= 0.6 is 11.6 Å². The van der Waals surface area contributed by atoms with Crippen molar-refractivity contribution in [3.05, 3.63) is 64.7 Å². The van der Waals surface area contributed by atoms with Gasteiger partial charge in [0.15, 0.2) is 0 Å². The Hall–Kier alpha value is -3.17. The Morgan fingerprint density at radius 1 is 1.03 bits per heavy atom. The summed E-state index contributed by atoms with van der Waals surface area (Å²) in [6.07, 6.45) is 2.16. The van der Waals surface area contributed by atoms with Crippen LogP contribution in [0.2, 0.25) is 5.02 Å². The van der Waals surface area contributed by atoms with Crippen LogP contribution in [0.3, 0.4) is 0 Å². The highest BCUT2D eigenvalue weighted by Gasteiger charge is 2.33. The average molecular weight is 456 g/mol. The van der Waals surface area contributed by atoms with Crippen molar-refractivity contribution in [1.29, 1.82) is 10.5 Å². The molecule has 0 atom stereocenters. The zero-order chi connectivity index (χ0) is 22.4. The topological polar surface area (TPSA) is 111 Å². The first-order valence-corrected chi connectivity index (χ1v) is 11.2. The standard InChI is InChI=1S/C22H18ClN3O4S/c23-19-3-7-21(8-4-19)31(28,29)26-11-9-18(10-12-26)22(27)30-20-5-1-16(2-6-20)13-17(14-24)15-25/h1-8,13,18H,9-12H2. The van der Waals surface area contributed by atoms with E-state index in [1.165, 1.54) is 34.6 Å². The number of carbonyl (C=O) groups is 1.